The van der Waals surface area contributed by atoms with Crippen molar-refractivity contribution >= 4 is 29.5 Å². The van der Waals surface area contributed by atoms with Gasteiger partial charge in [-0.25, -0.2) is 0 Å². The molecule has 1 aliphatic rings. The Bertz CT molecular complexity index is 628. The van der Waals surface area contributed by atoms with Gasteiger partial charge in [0, 0.05) is 24.9 Å². The lowest BCUT2D eigenvalue weighted by Gasteiger charge is -2.21. The van der Waals surface area contributed by atoms with Gasteiger partial charge in [-0.1, -0.05) is 31.4 Å². The molecule has 0 aromatic heterocycles. The summed E-state index contributed by atoms with van der Waals surface area (Å²) in [6, 6.07) is 7.06. The van der Waals surface area contributed by atoms with Crippen LogP contribution < -0.4 is 10.9 Å². The molecule has 0 unspecified atom stereocenters. The number of hydrogen-bond donors (Lipinski definition) is 2. The predicted molar refractivity (Wildman–Crippen MR) is 98.0 cm³/mol. The van der Waals surface area contributed by atoms with E-state index in [1.165, 1.54) is 23.1 Å². The van der Waals surface area contributed by atoms with Crippen LogP contribution in [0.25, 0.3) is 0 Å². The van der Waals surface area contributed by atoms with Crippen molar-refractivity contribution in [3.05, 3.63) is 29.8 Å². The average Bonchev–Trinajstić information content (AvgIpc) is 2.64. The Hall–Kier alpha value is -2.02. The van der Waals surface area contributed by atoms with Crippen LogP contribution >= 0.6 is 11.8 Å². The maximum atomic E-state index is 12.4. The smallest absolute Gasteiger partial charge is 0.270 e. The minimum atomic E-state index is -0.371. The largest absolute Gasteiger partial charge is 0.348 e. The summed E-state index contributed by atoms with van der Waals surface area (Å²) < 4.78 is 0. The number of hydrazine groups is 1. The van der Waals surface area contributed by atoms with Gasteiger partial charge in [0.25, 0.3) is 5.91 Å². The lowest BCUT2D eigenvalue weighted by Crippen LogP contribution is -2.45. The van der Waals surface area contributed by atoms with Crippen LogP contribution in [-0.2, 0) is 9.59 Å². The number of benzene rings is 1. The lowest BCUT2D eigenvalue weighted by molar-refractivity contribution is -0.127. The number of hydrogen-bond acceptors (Lipinski definition) is 4. The van der Waals surface area contributed by atoms with Gasteiger partial charge in [0.2, 0.25) is 11.8 Å². The molecule has 6 nitrogen and oxygen atoms in total. The monoisotopic (exact) mass is 363 g/mol. The zero-order chi connectivity index (χ0) is 18.2. The van der Waals surface area contributed by atoms with E-state index in [9.17, 15) is 14.4 Å². The third kappa shape index (κ3) is 5.77. The quantitative estimate of drug-likeness (QED) is 0.621. The molecule has 0 atom stereocenters. The minimum absolute atomic E-state index is 0.0172. The summed E-state index contributed by atoms with van der Waals surface area (Å²) in [5, 5.41) is 0. The van der Waals surface area contributed by atoms with E-state index in [0.717, 1.165) is 25.7 Å². The molecule has 0 radical (unpaired) electrons. The summed E-state index contributed by atoms with van der Waals surface area (Å²) in [6.07, 6.45) is 5.05. The molecule has 3 amide bonds. The van der Waals surface area contributed by atoms with Crippen molar-refractivity contribution in [2.45, 2.75) is 37.0 Å². The number of nitrogens with one attached hydrogen (secondary N) is 2. The Kier molecular flexibility index (Phi) is 7.31. The second-order valence-corrected chi connectivity index (χ2v) is 7.37. The molecule has 136 valence electrons. The highest BCUT2D eigenvalue weighted by molar-refractivity contribution is 8.00. The molecule has 1 aliphatic carbocycles. The first kappa shape index (κ1) is 19.3. The van der Waals surface area contributed by atoms with Crippen molar-refractivity contribution in [2.75, 3.05) is 19.8 Å². The number of carbonyl (C=O) groups excluding carboxylic acids is 3. The number of amides is 3. The van der Waals surface area contributed by atoms with Gasteiger partial charge in [0.05, 0.1) is 11.3 Å². The van der Waals surface area contributed by atoms with Crippen molar-refractivity contribution < 1.29 is 14.4 Å². The lowest BCUT2D eigenvalue weighted by atomic mass is 9.89. The molecule has 0 heterocycles. The van der Waals surface area contributed by atoms with E-state index in [1.54, 1.807) is 32.3 Å². The van der Waals surface area contributed by atoms with E-state index in [2.05, 4.69) is 10.9 Å². The van der Waals surface area contributed by atoms with Crippen molar-refractivity contribution in [2.24, 2.45) is 5.92 Å². The van der Waals surface area contributed by atoms with Gasteiger partial charge in [-0.2, -0.15) is 0 Å². The van der Waals surface area contributed by atoms with Crippen LogP contribution in [0, 0.1) is 5.92 Å². The van der Waals surface area contributed by atoms with Gasteiger partial charge in [0.15, 0.2) is 0 Å². The average molecular weight is 363 g/mol. The fraction of sp³-hybridized carbons (Fsp3) is 0.500. The van der Waals surface area contributed by atoms with E-state index >= 15 is 0 Å². The van der Waals surface area contributed by atoms with Crippen LogP contribution in [0.4, 0.5) is 0 Å². The maximum Gasteiger partial charge on any atom is 0.270 e. The van der Waals surface area contributed by atoms with E-state index in [0.29, 0.717) is 10.5 Å². The molecule has 0 spiro atoms. The Morgan fingerprint density at radius 2 is 1.76 bits per heavy atom. The Morgan fingerprint density at radius 3 is 2.44 bits per heavy atom. The zero-order valence-corrected chi connectivity index (χ0v) is 15.5. The van der Waals surface area contributed by atoms with Gasteiger partial charge >= 0.3 is 0 Å². The van der Waals surface area contributed by atoms with Crippen molar-refractivity contribution in [3.63, 3.8) is 0 Å². The molecule has 2 rings (SSSR count). The standard InChI is InChI=1S/C18H25N3O3S/c1-21(2)16(22)12-25-15-11-7-6-10-14(15)18(24)20-19-17(23)13-8-4-3-5-9-13/h6-7,10-11,13H,3-5,8-9,12H2,1-2H3,(H,19,23)(H,20,24). The Morgan fingerprint density at radius 1 is 1.08 bits per heavy atom. The molecular weight excluding hydrogens is 338 g/mol. The van der Waals surface area contributed by atoms with Crippen molar-refractivity contribution in [1.82, 2.24) is 15.8 Å². The topological polar surface area (TPSA) is 78.5 Å². The third-order valence-corrected chi connectivity index (χ3v) is 5.32. The van der Waals surface area contributed by atoms with Crippen LogP contribution in [0.5, 0.6) is 0 Å². The number of thioether (sulfide) groups is 1. The summed E-state index contributed by atoms with van der Waals surface area (Å²) in [6.45, 7) is 0. The highest BCUT2D eigenvalue weighted by Crippen LogP contribution is 2.24. The van der Waals surface area contributed by atoms with Gasteiger partial charge in [0.1, 0.15) is 0 Å². The SMILES string of the molecule is CN(C)C(=O)CSc1ccccc1C(=O)NNC(=O)C1CCCCC1. The Labute approximate surface area is 152 Å². The van der Waals surface area contributed by atoms with E-state index in [-0.39, 0.29) is 29.4 Å². The van der Waals surface area contributed by atoms with E-state index < -0.39 is 0 Å². The summed E-state index contributed by atoms with van der Waals surface area (Å²) in [7, 11) is 3.39. The second kappa shape index (κ2) is 9.46. The first-order valence-corrected chi connectivity index (χ1v) is 9.49. The number of nitrogens with zero attached hydrogens (tertiary/aromatic N) is 1. The number of carbonyl (C=O) groups is 3. The summed E-state index contributed by atoms with van der Waals surface area (Å²) in [5.74, 6) is -0.279. The van der Waals surface area contributed by atoms with Crippen LogP contribution in [0.3, 0.4) is 0 Å². The summed E-state index contributed by atoms with van der Waals surface area (Å²) >= 11 is 1.31. The molecule has 1 saturated carbocycles. The molecular formula is C18H25N3O3S. The van der Waals surface area contributed by atoms with Gasteiger partial charge in [-0.05, 0) is 25.0 Å². The fourth-order valence-electron chi connectivity index (χ4n) is 2.70. The minimum Gasteiger partial charge on any atom is -0.348 e. The first-order valence-electron chi connectivity index (χ1n) is 8.51. The second-order valence-electron chi connectivity index (χ2n) is 6.35. The summed E-state index contributed by atoms with van der Waals surface area (Å²) in [4.78, 5) is 38.5. The molecule has 2 N–H and O–H groups in total. The molecule has 1 fully saturated rings. The highest BCUT2D eigenvalue weighted by atomic mass is 32.2. The molecule has 0 aliphatic heterocycles. The van der Waals surface area contributed by atoms with E-state index in [1.807, 2.05) is 6.07 Å². The van der Waals surface area contributed by atoms with Gasteiger partial charge in [-0.3, -0.25) is 25.2 Å². The van der Waals surface area contributed by atoms with E-state index in [4.69, 9.17) is 0 Å². The van der Waals surface area contributed by atoms with Crippen LogP contribution in [0.15, 0.2) is 29.2 Å². The van der Waals surface area contributed by atoms with Crippen molar-refractivity contribution in [3.8, 4) is 0 Å². The van der Waals surface area contributed by atoms with Crippen molar-refractivity contribution in [1.29, 1.82) is 0 Å². The van der Waals surface area contributed by atoms with Gasteiger partial charge in [-0.15, -0.1) is 11.8 Å². The van der Waals surface area contributed by atoms with Crippen LogP contribution in [-0.4, -0.2) is 42.5 Å². The molecule has 7 heteroatoms. The van der Waals surface area contributed by atoms with Gasteiger partial charge < -0.3 is 4.90 Å². The third-order valence-electron chi connectivity index (χ3n) is 4.26. The molecule has 25 heavy (non-hydrogen) atoms. The van der Waals surface area contributed by atoms with Crippen LogP contribution in [0.1, 0.15) is 42.5 Å². The first-order chi connectivity index (χ1) is 12.0. The highest BCUT2D eigenvalue weighted by Gasteiger charge is 2.22. The summed E-state index contributed by atoms with van der Waals surface area (Å²) in [5.41, 5.74) is 5.48. The molecule has 1 aromatic rings. The Balaban J connectivity index is 1.92. The molecule has 0 bridgehead atoms. The maximum absolute atomic E-state index is 12.4. The number of rotatable bonds is 5. The fourth-order valence-corrected chi connectivity index (χ4v) is 3.73. The normalized spacial score (nSPS) is 14.6. The predicted octanol–water partition coefficient (Wildman–Crippen LogP) is 2.21. The van der Waals surface area contributed by atoms with Crippen LogP contribution in [0.2, 0.25) is 0 Å². The molecule has 1 aromatic carbocycles. The molecule has 0 saturated heterocycles. The zero-order valence-electron chi connectivity index (χ0n) is 14.7.